The van der Waals surface area contributed by atoms with Gasteiger partial charge in [-0.25, -0.2) is 4.98 Å². The summed E-state index contributed by atoms with van der Waals surface area (Å²) in [4.78, 5) is 40.5. The van der Waals surface area contributed by atoms with Crippen LogP contribution in [0.25, 0.3) is 0 Å². The summed E-state index contributed by atoms with van der Waals surface area (Å²) in [7, 11) is 0. The van der Waals surface area contributed by atoms with E-state index in [1.807, 2.05) is 6.92 Å². The Balaban J connectivity index is 2.81. The van der Waals surface area contributed by atoms with Gasteiger partial charge in [-0.15, -0.1) is 0 Å². The fourth-order valence-electron chi connectivity index (χ4n) is 2.09. The van der Waals surface area contributed by atoms with Gasteiger partial charge in [0, 0.05) is 6.92 Å². The maximum absolute atomic E-state index is 12.4. The van der Waals surface area contributed by atoms with Gasteiger partial charge in [-0.1, -0.05) is 38.5 Å². The Morgan fingerprint density at radius 2 is 1.88 bits per heavy atom. The fraction of sp³-hybridized carbons (Fsp3) is 0.625. The van der Waals surface area contributed by atoms with Crippen molar-refractivity contribution in [3.8, 4) is 0 Å². The molecule has 0 spiro atoms. The standard InChI is InChI=1S/C16H25N3O4S/c1-6-7-11(18-15(23)12(21)8(2)3)14(22)19-16-17-9(4)13(24-16)10(5)20/h8,11-12,21H,6-7H2,1-5H3,(H,18,23)(H,17,19,22)/t11-,12-/m0/s1. The molecule has 0 bridgehead atoms. The van der Waals surface area contributed by atoms with E-state index >= 15 is 0 Å². The van der Waals surface area contributed by atoms with E-state index in [-0.39, 0.29) is 11.7 Å². The van der Waals surface area contributed by atoms with Crippen LogP contribution in [0.15, 0.2) is 0 Å². The number of Topliss-reactive ketones (excluding diaryl/α,β-unsaturated/α-hetero) is 1. The molecule has 2 atom stereocenters. The molecular weight excluding hydrogens is 330 g/mol. The average molecular weight is 355 g/mol. The number of ketones is 1. The van der Waals surface area contributed by atoms with Gasteiger partial charge in [0.2, 0.25) is 11.8 Å². The van der Waals surface area contributed by atoms with E-state index in [9.17, 15) is 19.5 Å². The molecule has 0 aliphatic rings. The molecule has 2 amide bonds. The van der Waals surface area contributed by atoms with Crippen molar-refractivity contribution in [2.24, 2.45) is 5.92 Å². The minimum Gasteiger partial charge on any atom is -0.383 e. The van der Waals surface area contributed by atoms with Crippen LogP contribution >= 0.6 is 11.3 Å². The lowest BCUT2D eigenvalue weighted by molar-refractivity contribution is -0.134. The monoisotopic (exact) mass is 355 g/mol. The number of rotatable bonds is 8. The van der Waals surface area contributed by atoms with E-state index in [0.717, 1.165) is 11.3 Å². The number of hydrogen-bond donors (Lipinski definition) is 3. The van der Waals surface area contributed by atoms with Gasteiger partial charge < -0.3 is 15.7 Å². The molecule has 0 radical (unpaired) electrons. The lowest BCUT2D eigenvalue weighted by atomic mass is 10.1. The van der Waals surface area contributed by atoms with Gasteiger partial charge in [0.1, 0.15) is 12.1 Å². The maximum Gasteiger partial charge on any atom is 0.249 e. The lowest BCUT2D eigenvalue weighted by Gasteiger charge is -2.20. The van der Waals surface area contributed by atoms with E-state index < -0.39 is 24.0 Å². The van der Waals surface area contributed by atoms with Crippen molar-refractivity contribution in [1.29, 1.82) is 0 Å². The molecule has 0 aliphatic carbocycles. The zero-order valence-electron chi connectivity index (χ0n) is 14.7. The topological polar surface area (TPSA) is 108 Å². The van der Waals surface area contributed by atoms with Crippen molar-refractivity contribution < 1.29 is 19.5 Å². The highest BCUT2D eigenvalue weighted by Gasteiger charge is 2.26. The van der Waals surface area contributed by atoms with Crippen LogP contribution in [0.1, 0.15) is 55.9 Å². The number of amides is 2. The Labute approximate surface area is 145 Å². The van der Waals surface area contributed by atoms with Crippen molar-refractivity contribution in [3.63, 3.8) is 0 Å². The van der Waals surface area contributed by atoms with Gasteiger partial charge in [0.15, 0.2) is 10.9 Å². The number of thiazole rings is 1. The average Bonchev–Trinajstić information content (AvgIpc) is 2.86. The number of nitrogens with one attached hydrogen (secondary N) is 2. The lowest BCUT2D eigenvalue weighted by Crippen LogP contribution is -2.48. The SMILES string of the molecule is CCC[C@H](NC(=O)[C@@H](O)C(C)C)C(=O)Nc1nc(C)c(C(C)=O)s1. The first-order valence-corrected chi connectivity index (χ1v) is 8.76. The molecule has 1 aromatic rings. The van der Waals surface area contributed by atoms with Gasteiger partial charge in [-0.05, 0) is 19.3 Å². The molecule has 0 saturated carbocycles. The largest absolute Gasteiger partial charge is 0.383 e. The van der Waals surface area contributed by atoms with Crippen molar-refractivity contribution >= 4 is 34.1 Å². The quantitative estimate of drug-likeness (QED) is 0.617. The number of carbonyl (C=O) groups is 3. The fourth-order valence-corrected chi connectivity index (χ4v) is 2.95. The third kappa shape index (κ3) is 5.38. The normalized spacial score (nSPS) is 13.5. The van der Waals surface area contributed by atoms with Crippen LogP contribution in [-0.2, 0) is 9.59 Å². The third-order valence-electron chi connectivity index (χ3n) is 3.46. The van der Waals surface area contributed by atoms with Gasteiger partial charge in [0.05, 0.1) is 10.6 Å². The zero-order valence-corrected chi connectivity index (χ0v) is 15.5. The highest BCUT2D eigenvalue weighted by Crippen LogP contribution is 2.23. The number of aliphatic hydroxyl groups is 1. The molecule has 3 N–H and O–H groups in total. The number of anilines is 1. The Hall–Kier alpha value is -1.80. The predicted octanol–water partition coefficient (Wildman–Crippen LogP) is 1.89. The van der Waals surface area contributed by atoms with Gasteiger partial charge in [-0.3, -0.25) is 14.4 Å². The summed E-state index contributed by atoms with van der Waals surface area (Å²) in [6, 6.07) is -0.763. The van der Waals surface area contributed by atoms with E-state index in [1.165, 1.54) is 6.92 Å². The van der Waals surface area contributed by atoms with Crippen molar-refractivity contribution in [2.45, 2.75) is 59.6 Å². The van der Waals surface area contributed by atoms with E-state index in [2.05, 4.69) is 15.6 Å². The molecule has 0 aromatic carbocycles. The first-order valence-electron chi connectivity index (χ1n) is 7.95. The molecule has 1 rings (SSSR count). The van der Waals surface area contributed by atoms with Crippen LogP contribution in [0, 0.1) is 12.8 Å². The molecule has 0 saturated heterocycles. The Bertz CT molecular complexity index is 612. The Kier molecular flexibility index (Phi) is 7.50. The van der Waals surface area contributed by atoms with Crippen molar-refractivity contribution in [3.05, 3.63) is 10.6 Å². The first-order chi connectivity index (χ1) is 11.2. The van der Waals surface area contributed by atoms with E-state index in [1.54, 1.807) is 20.8 Å². The summed E-state index contributed by atoms with van der Waals surface area (Å²) in [5, 5.41) is 15.3. The molecule has 0 fully saturated rings. The van der Waals surface area contributed by atoms with Crippen molar-refractivity contribution in [2.75, 3.05) is 5.32 Å². The molecule has 1 heterocycles. The summed E-state index contributed by atoms with van der Waals surface area (Å²) in [5.74, 6) is -1.33. The molecule has 7 nitrogen and oxygen atoms in total. The molecule has 24 heavy (non-hydrogen) atoms. The molecule has 134 valence electrons. The van der Waals surface area contributed by atoms with Gasteiger partial charge >= 0.3 is 0 Å². The second-order valence-electron chi connectivity index (χ2n) is 6.02. The number of hydrogen-bond acceptors (Lipinski definition) is 6. The number of aliphatic hydroxyl groups excluding tert-OH is 1. The maximum atomic E-state index is 12.4. The Morgan fingerprint density at radius 1 is 1.25 bits per heavy atom. The smallest absolute Gasteiger partial charge is 0.249 e. The van der Waals surface area contributed by atoms with Crippen LogP contribution in [0.2, 0.25) is 0 Å². The van der Waals surface area contributed by atoms with Crippen LogP contribution in [0.3, 0.4) is 0 Å². The summed E-state index contributed by atoms with van der Waals surface area (Å²) < 4.78 is 0. The third-order valence-corrected chi connectivity index (χ3v) is 4.63. The second-order valence-corrected chi connectivity index (χ2v) is 7.02. The van der Waals surface area contributed by atoms with Crippen LogP contribution in [-0.4, -0.2) is 39.8 Å². The number of aromatic nitrogens is 1. The highest BCUT2D eigenvalue weighted by atomic mass is 32.1. The van der Waals surface area contributed by atoms with Crippen molar-refractivity contribution in [1.82, 2.24) is 10.3 Å². The zero-order chi connectivity index (χ0) is 18.4. The molecular formula is C16H25N3O4S. The van der Waals surface area contributed by atoms with Crippen LogP contribution in [0.5, 0.6) is 0 Å². The molecule has 0 aliphatic heterocycles. The number of nitrogens with zero attached hydrogens (tertiary/aromatic N) is 1. The Morgan fingerprint density at radius 3 is 2.33 bits per heavy atom. The van der Waals surface area contributed by atoms with Crippen LogP contribution < -0.4 is 10.6 Å². The van der Waals surface area contributed by atoms with Gasteiger partial charge in [0.25, 0.3) is 0 Å². The summed E-state index contributed by atoms with van der Waals surface area (Å²) in [5.41, 5.74) is 0.564. The van der Waals surface area contributed by atoms with Crippen LogP contribution in [0.4, 0.5) is 5.13 Å². The minimum absolute atomic E-state index is 0.107. The number of aryl methyl sites for hydroxylation is 1. The molecule has 8 heteroatoms. The summed E-state index contributed by atoms with van der Waals surface area (Å²) >= 11 is 1.11. The van der Waals surface area contributed by atoms with Gasteiger partial charge in [-0.2, -0.15) is 0 Å². The highest BCUT2D eigenvalue weighted by molar-refractivity contribution is 7.17. The summed E-state index contributed by atoms with van der Waals surface area (Å²) in [6.45, 7) is 8.49. The second kappa shape index (κ2) is 8.89. The molecule has 1 aromatic heterocycles. The van der Waals surface area contributed by atoms with E-state index in [4.69, 9.17) is 0 Å². The first kappa shape index (κ1) is 20.2. The summed E-state index contributed by atoms with van der Waals surface area (Å²) in [6.07, 6.45) is -0.0403. The number of carbonyl (C=O) groups excluding carboxylic acids is 3. The predicted molar refractivity (Wildman–Crippen MR) is 93.2 cm³/mol. The minimum atomic E-state index is -1.16. The van der Waals surface area contributed by atoms with E-state index in [0.29, 0.717) is 28.5 Å². The molecule has 0 unspecified atom stereocenters.